The number of nitrogens with zero attached hydrogens (tertiary/aromatic N) is 3. The van der Waals surface area contributed by atoms with E-state index in [2.05, 4.69) is 65.6 Å². The molecule has 0 spiro atoms. The molecule has 0 saturated carbocycles. The van der Waals surface area contributed by atoms with E-state index in [0.29, 0.717) is 11.7 Å². The summed E-state index contributed by atoms with van der Waals surface area (Å²) in [6, 6.07) is 23.0. The lowest BCUT2D eigenvalue weighted by atomic mass is 9.71. The van der Waals surface area contributed by atoms with Gasteiger partial charge in [0.1, 0.15) is 5.54 Å². The lowest BCUT2D eigenvalue weighted by Crippen LogP contribution is -2.31. The summed E-state index contributed by atoms with van der Waals surface area (Å²) in [5.74, 6) is 1.22. The third-order valence-electron chi connectivity index (χ3n) is 6.47. The molecular formula is C23H19N3O. The fourth-order valence-electron chi connectivity index (χ4n) is 5.38. The van der Waals surface area contributed by atoms with Crippen molar-refractivity contribution in [3.63, 3.8) is 0 Å². The molecule has 4 heteroatoms. The summed E-state index contributed by atoms with van der Waals surface area (Å²) in [5.41, 5.74) is 4.85. The predicted octanol–water partition coefficient (Wildman–Crippen LogP) is 5.62. The molecule has 0 radical (unpaired) electrons. The Balaban J connectivity index is 1.52. The lowest BCUT2D eigenvalue weighted by Gasteiger charge is -2.32. The third kappa shape index (κ3) is 1.94. The summed E-state index contributed by atoms with van der Waals surface area (Å²) in [6.45, 7) is 2.20. The molecule has 3 heterocycles. The van der Waals surface area contributed by atoms with E-state index in [-0.39, 0.29) is 18.1 Å². The first-order valence-electron chi connectivity index (χ1n) is 9.45. The van der Waals surface area contributed by atoms with Gasteiger partial charge in [-0.3, -0.25) is 0 Å². The fourth-order valence-corrected chi connectivity index (χ4v) is 5.38. The molecule has 2 aliphatic heterocycles. The minimum absolute atomic E-state index is 0.0660. The monoisotopic (exact) mass is 353 g/mol. The smallest absolute Gasteiger partial charge is 0.173 e. The Bertz CT molecular complexity index is 1060. The van der Waals surface area contributed by atoms with Crippen LogP contribution in [0.5, 0.6) is 0 Å². The van der Waals surface area contributed by atoms with Crippen LogP contribution in [0.15, 0.2) is 83.2 Å². The van der Waals surface area contributed by atoms with Crippen molar-refractivity contribution in [1.29, 1.82) is 0 Å². The molecule has 6 rings (SSSR count). The summed E-state index contributed by atoms with van der Waals surface area (Å²) in [4.78, 5) is 4.30. The summed E-state index contributed by atoms with van der Waals surface area (Å²) < 4.78 is 6.50. The van der Waals surface area contributed by atoms with Crippen LogP contribution in [0.3, 0.4) is 0 Å². The van der Waals surface area contributed by atoms with Crippen LogP contribution in [-0.2, 0) is 10.3 Å². The van der Waals surface area contributed by atoms with Gasteiger partial charge in [-0.1, -0.05) is 54.6 Å². The van der Waals surface area contributed by atoms with E-state index in [1.54, 1.807) is 6.20 Å². The van der Waals surface area contributed by atoms with Crippen molar-refractivity contribution in [3.8, 4) is 0 Å². The molecule has 4 nitrogen and oxygen atoms in total. The Morgan fingerprint density at radius 2 is 1.56 bits per heavy atom. The molecule has 1 fully saturated rings. The van der Waals surface area contributed by atoms with Crippen LogP contribution in [0.4, 0.5) is 5.82 Å². The van der Waals surface area contributed by atoms with Crippen LogP contribution in [0.1, 0.15) is 47.3 Å². The molecule has 5 atom stereocenters. The Morgan fingerprint density at radius 3 is 2.33 bits per heavy atom. The van der Waals surface area contributed by atoms with Crippen molar-refractivity contribution in [1.82, 2.24) is 4.98 Å². The molecule has 1 saturated heterocycles. The predicted molar refractivity (Wildman–Crippen MR) is 102 cm³/mol. The van der Waals surface area contributed by atoms with Crippen molar-refractivity contribution >= 4 is 5.82 Å². The zero-order chi connectivity index (χ0) is 18.0. The Labute approximate surface area is 157 Å². The van der Waals surface area contributed by atoms with Gasteiger partial charge in [0.25, 0.3) is 0 Å². The zero-order valence-electron chi connectivity index (χ0n) is 15.0. The molecular weight excluding hydrogens is 334 g/mol. The number of hydrogen-bond donors (Lipinski definition) is 0. The molecule has 132 valence electrons. The van der Waals surface area contributed by atoms with Crippen LogP contribution in [0.25, 0.3) is 0 Å². The van der Waals surface area contributed by atoms with Gasteiger partial charge in [0, 0.05) is 18.0 Å². The van der Waals surface area contributed by atoms with E-state index in [1.165, 1.54) is 22.3 Å². The quantitative estimate of drug-likeness (QED) is 0.561. The summed E-state index contributed by atoms with van der Waals surface area (Å²) in [7, 11) is 0. The highest BCUT2D eigenvalue weighted by Crippen LogP contribution is 2.70. The van der Waals surface area contributed by atoms with Crippen LogP contribution in [0, 0.1) is 5.92 Å². The minimum atomic E-state index is -0.425. The average Bonchev–Trinajstić information content (AvgIpc) is 3.37. The normalized spacial score (nSPS) is 32.5. The van der Waals surface area contributed by atoms with Gasteiger partial charge in [0.05, 0.1) is 12.2 Å². The first kappa shape index (κ1) is 15.2. The number of ether oxygens (including phenoxy) is 1. The maximum absolute atomic E-state index is 6.50. The van der Waals surface area contributed by atoms with Crippen molar-refractivity contribution in [2.45, 2.75) is 30.6 Å². The number of fused-ring (bicyclic) bond motifs is 10. The first-order chi connectivity index (χ1) is 13.3. The lowest BCUT2D eigenvalue weighted by molar-refractivity contribution is 0.0451. The largest absolute Gasteiger partial charge is 0.365 e. The summed E-state index contributed by atoms with van der Waals surface area (Å²) in [5, 5.41) is 9.40. The topological polar surface area (TPSA) is 46.8 Å². The van der Waals surface area contributed by atoms with E-state index in [1.807, 2.05) is 18.2 Å². The average molecular weight is 353 g/mol. The van der Waals surface area contributed by atoms with Crippen LogP contribution < -0.4 is 0 Å². The maximum atomic E-state index is 6.50. The second-order valence-corrected chi connectivity index (χ2v) is 7.78. The summed E-state index contributed by atoms with van der Waals surface area (Å²) >= 11 is 0. The highest BCUT2D eigenvalue weighted by Gasteiger charge is 2.64. The van der Waals surface area contributed by atoms with E-state index < -0.39 is 5.54 Å². The van der Waals surface area contributed by atoms with Gasteiger partial charge in [0.15, 0.2) is 5.82 Å². The fraction of sp³-hybridized carbons (Fsp3) is 0.261. The zero-order valence-corrected chi connectivity index (χ0v) is 15.0. The van der Waals surface area contributed by atoms with Gasteiger partial charge in [-0.15, -0.1) is 5.11 Å². The standard InChI is InChI=1S/C23H19N3O/c1-23(26-25-18-12-6-7-13-24-18)17-11-5-4-10-16(17)19-20(23)22-15-9-3-2-8-14(15)21(19)27-22/h2-13,19-22H,1H3/t19-,20+,21+,22-,23?/m0/s1. The Morgan fingerprint density at radius 1 is 0.852 bits per heavy atom. The number of aromatic nitrogens is 1. The van der Waals surface area contributed by atoms with Gasteiger partial charge < -0.3 is 4.74 Å². The summed E-state index contributed by atoms with van der Waals surface area (Å²) in [6.07, 6.45) is 1.93. The Kier molecular flexibility index (Phi) is 3.01. The van der Waals surface area contributed by atoms with E-state index in [4.69, 9.17) is 9.85 Å². The highest BCUT2D eigenvalue weighted by atomic mass is 16.5. The first-order valence-corrected chi connectivity index (χ1v) is 9.45. The van der Waals surface area contributed by atoms with Crippen molar-refractivity contribution in [3.05, 3.63) is 95.2 Å². The van der Waals surface area contributed by atoms with Gasteiger partial charge in [-0.05, 0) is 41.3 Å². The van der Waals surface area contributed by atoms with Gasteiger partial charge in [0.2, 0.25) is 0 Å². The Hall–Kier alpha value is -2.85. The van der Waals surface area contributed by atoms with Crippen molar-refractivity contribution in [2.75, 3.05) is 0 Å². The van der Waals surface area contributed by atoms with Crippen LogP contribution >= 0.6 is 0 Å². The van der Waals surface area contributed by atoms with E-state index >= 15 is 0 Å². The van der Waals surface area contributed by atoms with Crippen molar-refractivity contribution < 1.29 is 4.74 Å². The molecule has 3 aromatic rings. The number of benzene rings is 2. The minimum Gasteiger partial charge on any atom is -0.365 e. The number of hydrogen-bond acceptors (Lipinski definition) is 4. The number of pyridine rings is 1. The molecule has 2 aromatic carbocycles. The molecule has 0 amide bonds. The molecule has 1 unspecified atom stereocenters. The second-order valence-electron chi connectivity index (χ2n) is 7.78. The molecule has 3 aliphatic rings. The highest BCUT2D eigenvalue weighted by molar-refractivity contribution is 5.52. The van der Waals surface area contributed by atoms with E-state index in [9.17, 15) is 0 Å². The number of rotatable bonds is 2. The van der Waals surface area contributed by atoms with Crippen LogP contribution in [0.2, 0.25) is 0 Å². The molecule has 27 heavy (non-hydrogen) atoms. The van der Waals surface area contributed by atoms with Gasteiger partial charge in [-0.25, -0.2) is 4.98 Å². The molecule has 1 aromatic heterocycles. The molecule has 2 bridgehead atoms. The van der Waals surface area contributed by atoms with E-state index in [0.717, 1.165) is 0 Å². The van der Waals surface area contributed by atoms with Gasteiger partial charge in [-0.2, -0.15) is 5.11 Å². The second kappa shape index (κ2) is 5.33. The number of azo groups is 1. The molecule has 0 N–H and O–H groups in total. The van der Waals surface area contributed by atoms with Crippen LogP contribution in [-0.4, -0.2) is 4.98 Å². The van der Waals surface area contributed by atoms with Gasteiger partial charge >= 0.3 is 0 Å². The maximum Gasteiger partial charge on any atom is 0.173 e. The molecule has 1 aliphatic carbocycles. The third-order valence-corrected chi connectivity index (χ3v) is 6.47. The SMILES string of the molecule is CC1(N=Nc2ccccn2)c2ccccc2[C@H]2[C@@H]1[C@H]1O[C@@H]2c2ccccc21. The van der Waals surface area contributed by atoms with Crippen molar-refractivity contribution in [2.24, 2.45) is 16.1 Å².